The van der Waals surface area contributed by atoms with Crippen LogP contribution in [0.5, 0.6) is 0 Å². The summed E-state index contributed by atoms with van der Waals surface area (Å²) >= 11 is 0. The smallest absolute Gasteiger partial charge is 0.325 e. The minimum absolute atomic E-state index is 0.0615. The Hall–Kier alpha value is -2.46. The number of nitrogens with one attached hydrogen (secondary N) is 2. The molecular formula is C22H30N4O5S. The van der Waals surface area contributed by atoms with Crippen molar-refractivity contribution in [1.82, 2.24) is 14.5 Å². The Bertz CT molecular complexity index is 1030. The van der Waals surface area contributed by atoms with Gasteiger partial charge in [-0.15, -0.1) is 0 Å². The Labute approximate surface area is 188 Å². The Morgan fingerprint density at radius 3 is 2.25 bits per heavy atom. The molecule has 2 aliphatic heterocycles. The summed E-state index contributed by atoms with van der Waals surface area (Å²) in [6.45, 7) is 5.15. The lowest BCUT2D eigenvalue weighted by Crippen LogP contribution is -2.47. The lowest BCUT2D eigenvalue weighted by atomic mass is 9.96. The zero-order valence-electron chi connectivity index (χ0n) is 18.6. The number of urea groups is 1. The maximum atomic E-state index is 13.1. The fraction of sp³-hybridized carbons (Fsp3) is 0.591. The van der Waals surface area contributed by atoms with Crippen molar-refractivity contribution in [3.63, 3.8) is 0 Å². The molecule has 4 amide bonds. The van der Waals surface area contributed by atoms with E-state index in [0.29, 0.717) is 5.69 Å². The van der Waals surface area contributed by atoms with E-state index in [1.807, 2.05) is 13.8 Å². The molecule has 9 nitrogen and oxygen atoms in total. The molecule has 3 atom stereocenters. The van der Waals surface area contributed by atoms with E-state index in [1.165, 1.54) is 24.3 Å². The minimum Gasteiger partial charge on any atom is -0.325 e. The first kappa shape index (κ1) is 22.7. The minimum atomic E-state index is -3.64. The molecule has 2 N–H and O–H groups in total. The second kappa shape index (κ2) is 8.15. The van der Waals surface area contributed by atoms with Crippen LogP contribution in [-0.4, -0.2) is 59.6 Å². The summed E-state index contributed by atoms with van der Waals surface area (Å²) in [5.74, 6) is -0.791. The molecule has 2 saturated heterocycles. The van der Waals surface area contributed by atoms with Crippen molar-refractivity contribution < 1.29 is 22.8 Å². The number of hydrogen-bond acceptors (Lipinski definition) is 5. The second-order valence-electron chi connectivity index (χ2n) is 9.33. The molecule has 3 fully saturated rings. The molecule has 32 heavy (non-hydrogen) atoms. The summed E-state index contributed by atoms with van der Waals surface area (Å²) in [7, 11) is -3.64. The number of hydrogen-bond donors (Lipinski definition) is 2. The quantitative estimate of drug-likeness (QED) is 0.630. The van der Waals surface area contributed by atoms with Crippen LogP contribution in [0.2, 0.25) is 0 Å². The molecule has 1 aromatic carbocycles. The van der Waals surface area contributed by atoms with Crippen molar-refractivity contribution in [2.75, 3.05) is 11.9 Å². The van der Waals surface area contributed by atoms with E-state index in [0.717, 1.165) is 37.0 Å². The van der Waals surface area contributed by atoms with Crippen molar-refractivity contribution in [3.8, 4) is 0 Å². The van der Waals surface area contributed by atoms with Crippen LogP contribution in [0.1, 0.15) is 52.9 Å². The van der Waals surface area contributed by atoms with Gasteiger partial charge in [-0.3, -0.25) is 14.5 Å². The average Bonchev–Trinajstić information content (AvgIpc) is 3.54. The highest BCUT2D eigenvalue weighted by molar-refractivity contribution is 7.89. The predicted molar refractivity (Wildman–Crippen MR) is 118 cm³/mol. The van der Waals surface area contributed by atoms with E-state index in [2.05, 4.69) is 10.6 Å². The Morgan fingerprint density at radius 2 is 1.69 bits per heavy atom. The number of piperidine rings is 1. The standard InChI is InChI=1S/C22H30N4O5S/c1-14-5-4-6-15(2)26(14)32(30,31)18-11-9-17(10-12-18)23-19(27)13-25-20(28)22(3,16-7-8-16)24-21(25)29/h9-12,14-16H,4-8,13H2,1-3H3,(H,23,27)(H,24,29). The molecule has 1 aliphatic carbocycles. The Balaban J connectivity index is 1.41. The zero-order chi connectivity index (χ0) is 23.3. The van der Waals surface area contributed by atoms with Gasteiger partial charge >= 0.3 is 6.03 Å². The number of amides is 4. The van der Waals surface area contributed by atoms with E-state index in [4.69, 9.17) is 0 Å². The molecule has 4 rings (SSSR count). The van der Waals surface area contributed by atoms with Gasteiger partial charge in [0.2, 0.25) is 15.9 Å². The van der Waals surface area contributed by atoms with Crippen LogP contribution in [0.15, 0.2) is 29.2 Å². The molecule has 0 spiro atoms. The van der Waals surface area contributed by atoms with Gasteiger partial charge in [-0.1, -0.05) is 6.42 Å². The van der Waals surface area contributed by atoms with Gasteiger partial charge in [0.25, 0.3) is 5.91 Å². The third-order valence-corrected chi connectivity index (χ3v) is 8.97. The van der Waals surface area contributed by atoms with Gasteiger partial charge in [-0.25, -0.2) is 13.2 Å². The number of carbonyl (C=O) groups excluding carboxylic acids is 3. The number of imide groups is 1. The molecule has 1 saturated carbocycles. The van der Waals surface area contributed by atoms with Gasteiger partial charge in [0, 0.05) is 17.8 Å². The zero-order valence-corrected chi connectivity index (χ0v) is 19.4. The first-order valence-electron chi connectivity index (χ1n) is 11.1. The summed E-state index contributed by atoms with van der Waals surface area (Å²) < 4.78 is 27.8. The molecule has 1 aromatic rings. The van der Waals surface area contributed by atoms with Crippen molar-refractivity contribution >= 4 is 33.6 Å². The highest BCUT2D eigenvalue weighted by Gasteiger charge is 2.56. The number of rotatable bonds is 6. The van der Waals surface area contributed by atoms with Gasteiger partial charge < -0.3 is 10.6 Å². The fourth-order valence-electron chi connectivity index (χ4n) is 4.84. The maximum Gasteiger partial charge on any atom is 0.325 e. The largest absolute Gasteiger partial charge is 0.325 e. The Kier molecular flexibility index (Phi) is 5.79. The van der Waals surface area contributed by atoms with Crippen molar-refractivity contribution in [3.05, 3.63) is 24.3 Å². The second-order valence-corrected chi connectivity index (χ2v) is 11.2. The van der Waals surface area contributed by atoms with Crippen molar-refractivity contribution in [1.29, 1.82) is 0 Å². The summed E-state index contributed by atoms with van der Waals surface area (Å²) in [6.07, 6.45) is 4.44. The normalized spacial score (nSPS) is 29.2. The van der Waals surface area contributed by atoms with Crippen LogP contribution in [0.4, 0.5) is 10.5 Å². The van der Waals surface area contributed by atoms with Crippen LogP contribution in [0.25, 0.3) is 0 Å². The Morgan fingerprint density at radius 1 is 1.09 bits per heavy atom. The van der Waals surface area contributed by atoms with E-state index >= 15 is 0 Å². The van der Waals surface area contributed by atoms with E-state index < -0.39 is 34.0 Å². The van der Waals surface area contributed by atoms with E-state index in [-0.39, 0.29) is 28.8 Å². The first-order valence-corrected chi connectivity index (χ1v) is 12.6. The van der Waals surface area contributed by atoms with Crippen LogP contribution in [0.3, 0.4) is 0 Å². The predicted octanol–water partition coefficient (Wildman–Crippen LogP) is 2.30. The average molecular weight is 463 g/mol. The molecule has 3 aliphatic rings. The molecule has 0 bridgehead atoms. The molecular weight excluding hydrogens is 432 g/mol. The molecule has 0 radical (unpaired) electrons. The van der Waals surface area contributed by atoms with Crippen LogP contribution < -0.4 is 10.6 Å². The lowest BCUT2D eigenvalue weighted by Gasteiger charge is -2.37. The molecule has 174 valence electrons. The summed E-state index contributed by atoms with van der Waals surface area (Å²) in [5, 5.41) is 5.35. The molecule has 0 aromatic heterocycles. The van der Waals surface area contributed by atoms with E-state index in [9.17, 15) is 22.8 Å². The molecule has 3 unspecified atom stereocenters. The maximum absolute atomic E-state index is 13.1. The number of carbonyl (C=O) groups is 3. The topological polar surface area (TPSA) is 116 Å². The van der Waals surface area contributed by atoms with Crippen LogP contribution >= 0.6 is 0 Å². The SMILES string of the molecule is CC1CCCC(C)N1S(=O)(=O)c1ccc(NC(=O)CN2C(=O)NC(C)(C3CC3)C2=O)cc1. The third kappa shape index (κ3) is 4.01. The number of nitrogens with zero attached hydrogens (tertiary/aromatic N) is 2. The van der Waals surface area contributed by atoms with Gasteiger partial charge in [-0.2, -0.15) is 4.31 Å². The molecule has 10 heteroatoms. The number of sulfonamides is 1. The van der Waals surface area contributed by atoms with Crippen molar-refractivity contribution in [2.24, 2.45) is 5.92 Å². The first-order chi connectivity index (χ1) is 15.0. The molecule has 2 heterocycles. The lowest BCUT2D eigenvalue weighted by molar-refractivity contribution is -0.134. The summed E-state index contributed by atoms with van der Waals surface area (Å²) in [6, 6.07) is 5.29. The van der Waals surface area contributed by atoms with Crippen LogP contribution in [0, 0.1) is 5.92 Å². The highest BCUT2D eigenvalue weighted by Crippen LogP contribution is 2.42. The third-order valence-electron chi connectivity index (χ3n) is 6.82. The van der Waals surface area contributed by atoms with Crippen molar-refractivity contribution in [2.45, 2.75) is 75.4 Å². The number of anilines is 1. The van der Waals surface area contributed by atoms with E-state index in [1.54, 1.807) is 11.2 Å². The fourth-order valence-corrected chi connectivity index (χ4v) is 6.73. The van der Waals surface area contributed by atoms with Gasteiger partial charge in [0.15, 0.2) is 0 Å². The van der Waals surface area contributed by atoms with Gasteiger partial charge in [0.05, 0.1) is 4.90 Å². The summed E-state index contributed by atoms with van der Waals surface area (Å²) in [5.41, 5.74) is -0.540. The monoisotopic (exact) mass is 462 g/mol. The van der Waals surface area contributed by atoms with Crippen LogP contribution in [-0.2, 0) is 19.6 Å². The number of benzene rings is 1. The van der Waals surface area contributed by atoms with Gasteiger partial charge in [-0.05, 0) is 76.6 Å². The highest BCUT2D eigenvalue weighted by atomic mass is 32.2. The van der Waals surface area contributed by atoms with Gasteiger partial charge in [0.1, 0.15) is 12.1 Å². The summed E-state index contributed by atoms with van der Waals surface area (Å²) in [4.78, 5) is 38.4.